The quantitative estimate of drug-likeness (QED) is 0.386. The third-order valence-corrected chi connectivity index (χ3v) is 7.46. The van der Waals surface area contributed by atoms with Gasteiger partial charge in [0.05, 0.1) is 25.6 Å². The number of carbonyl (C=O) groups is 2. The van der Waals surface area contributed by atoms with Gasteiger partial charge in [-0.1, -0.05) is 23.5 Å². The highest BCUT2D eigenvalue weighted by Crippen LogP contribution is 2.25. The van der Waals surface area contributed by atoms with Crippen LogP contribution in [-0.2, 0) is 17.9 Å². The van der Waals surface area contributed by atoms with Crippen LogP contribution in [0.25, 0.3) is 0 Å². The van der Waals surface area contributed by atoms with Gasteiger partial charge in [-0.05, 0) is 38.0 Å². The van der Waals surface area contributed by atoms with E-state index in [0.29, 0.717) is 22.6 Å². The summed E-state index contributed by atoms with van der Waals surface area (Å²) in [5.41, 5.74) is 0.792. The molecule has 4 rings (SSSR count). The summed E-state index contributed by atoms with van der Waals surface area (Å²) < 4.78 is 15.4. The lowest BCUT2D eigenvalue weighted by molar-refractivity contribution is -0.120. The second-order valence-electron chi connectivity index (χ2n) is 9.43. The van der Waals surface area contributed by atoms with Gasteiger partial charge < -0.3 is 9.88 Å². The number of aromatic nitrogens is 3. The van der Waals surface area contributed by atoms with Crippen LogP contribution in [0.4, 0.5) is 9.52 Å². The zero-order chi connectivity index (χ0) is 26.2. The minimum atomic E-state index is -0.328. The van der Waals surface area contributed by atoms with Gasteiger partial charge in [0.2, 0.25) is 5.91 Å². The van der Waals surface area contributed by atoms with Gasteiger partial charge in [-0.25, -0.2) is 14.4 Å². The standard InChI is InChI=1S/C26H34FN7O2S/c1-20(2)33-14-12-31(13-15-33)18-24(35)34(17-21-4-6-22(27)7-5-21)26-30-16-23(37-26)25(36)29-8-3-10-32-11-9-28-19-32/h4-7,9,11,16,19-20H,3,8,10,12-15,17-18H2,1-2H3,(H,29,36). The van der Waals surface area contributed by atoms with E-state index in [4.69, 9.17) is 0 Å². The Balaban J connectivity index is 1.39. The number of aryl methyl sites for hydroxylation is 1. The Labute approximate surface area is 220 Å². The number of hydrogen-bond acceptors (Lipinski definition) is 7. The fraction of sp³-hybridized carbons (Fsp3) is 0.462. The van der Waals surface area contributed by atoms with Crippen molar-refractivity contribution in [3.8, 4) is 0 Å². The smallest absolute Gasteiger partial charge is 0.263 e. The first-order valence-corrected chi connectivity index (χ1v) is 13.4. The van der Waals surface area contributed by atoms with E-state index in [1.165, 1.54) is 29.7 Å². The predicted molar refractivity (Wildman–Crippen MR) is 142 cm³/mol. The van der Waals surface area contributed by atoms with E-state index >= 15 is 0 Å². The minimum Gasteiger partial charge on any atom is -0.351 e. The lowest BCUT2D eigenvalue weighted by Gasteiger charge is -2.37. The Morgan fingerprint density at radius 3 is 2.59 bits per heavy atom. The molecular weight excluding hydrogens is 493 g/mol. The summed E-state index contributed by atoms with van der Waals surface area (Å²) in [5.74, 6) is -0.636. The van der Waals surface area contributed by atoms with E-state index in [1.807, 2.05) is 10.8 Å². The molecule has 0 atom stereocenters. The molecule has 0 radical (unpaired) electrons. The SMILES string of the molecule is CC(C)N1CCN(CC(=O)N(Cc2ccc(F)cc2)c2ncc(C(=O)NCCCn3ccnc3)s2)CC1. The maximum absolute atomic E-state index is 13.5. The molecule has 0 unspecified atom stereocenters. The van der Waals surface area contributed by atoms with E-state index in [-0.39, 0.29) is 30.7 Å². The van der Waals surface area contributed by atoms with Crippen LogP contribution in [0.15, 0.2) is 49.2 Å². The molecule has 1 aliphatic heterocycles. The number of thiazole rings is 1. The first-order chi connectivity index (χ1) is 17.9. The van der Waals surface area contributed by atoms with Crippen LogP contribution >= 0.6 is 11.3 Å². The minimum absolute atomic E-state index is 0.0936. The van der Waals surface area contributed by atoms with Crippen LogP contribution in [0.5, 0.6) is 0 Å². The molecule has 1 aliphatic rings. The maximum atomic E-state index is 13.5. The predicted octanol–water partition coefficient (Wildman–Crippen LogP) is 2.86. The second kappa shape index (κ2) is 12.9. The van der Waals surface area contributed by atoms with Crippen LogP contribution in [0.1, 0.15) is 35.5 Å². The lowest BCUT2D eigenvalue weighted by Crippen LogP contribution is -2.51. The highest BCUT2D eigenvalue weighted by Gasteiger charge is 2.26. The number of halogens is 1. The number of nitrogens with one attached hydrogen (secondary N) is 1. The maximum Gasteiger partial charge on any atom is 0.263 e. The molecule has 9 nitrogen and oxygen atoms in total. The molecule has 0 bridgehead atoms. The largest absolute Gasteiger partial charge is 0.351 e. The topological polar surface area (TPSA) is 86.6 Å². The second-order valence-corrected chi connectivity index (χ2v) is 10.4. The van der Waals surface area contributed by atoms with Gasteiger partial charge in [-0.2, -0.15) is 0 Å². The Morgan fingerprint density at radius 1 is 1.16 bits per heavy atom. The Bertz CT molecular complexity index is 1140. The van der Waals surface area contributed by atoms with Gasteiger partial charge in [0, 0.05) is 57.7 Å². The molecule has 0 aliphatic carbocycles. The summed E-state index contributed by atoms with van der Waals surface area (Å²) in [4.78, 5) is 41.2. The molecule has 2 amide bonds. The van der Waals surface area contributed by atoms with Crippen molar-refractivity contribution in [1.29, 1.82) is 0 Å². The van der Waals surface area contributed by atoms with E-state index in [1.54, 1.807) is 29.6 Å². The average Bonchev–Trinajstić information content (AvgIpc) is 3.59. The van der Waals surface area contributed by atoms with E-state index in [9.17, 15) is 14.0 Å². The normalized spacial score (nSPS) is 14.7. The van der Waals surface area contributed by atoms with Crippen LogP contribution in [0.2, 0.25) is 0 Å². The van der Waals surface area contributed by atoms with Gasteiger partial charge in [0.1, 0.15) is 10.7 Å². The number of nitrogens with zero attached hydrogens (tertiary/aromatic N) is 6. The number of imidazole rings is 1. The number of piperazine rings is 1. The molecular formula is C26H34FN7O2S. The first kappa shape index (κ1) is 26.9. The summed E-state index contributed by atoms with van der Waals surface area (Å²) in [6.45, 7) is 9.65. The highest BCUT2D eigenvalue weighted by atomic mass is 32.1. The van der Waals surface area contributed by atoms with Crippen LogP contribution in [0, 0.1) is 5.82 Å². The van der Waals surface area contributed by atoms with E-state index < -0.39 is 0 Å². The molecule has 1 N–H and O–H groups in total. The molecule has 0 saturated carbocycles. The zero-order valence-electron chi connectivity index (χ0n) is 21.3. The van der Waals surface area contributed by atoms with Gasteiger partial charge in [-0.15, -0.1) is 0 Å². The number of amides is 2. The first-order valence-electron chi connectivity index (χ1n) is 12.6. The van der Waals surface area contributed by atoms with Crippen molar-refractivity contribution < 1.29 is 14.0 Å². The van der Waals surface area contributed by atoms with Crippen molar-refractivity contribution in [2.45, 2.75) is 39.4 Å². The molecule has 2 aromatic heterocycles. The van der Waals surface area contributed by atoms with Crippen molar-refractivity contribution in [3.63, 3.8) is 0 Å². The Kier molecular flexibility index (Phi) is 9.37. The number of benzene rings is 1. The summed E-state index contributed by atoms with van der Waals surface area (Å²) in [6.07, 6.45) is 7.63. The monoisotopic (exact) mass is 527 g/mol. The fourth-order valence-corrected chi connectivity index (χ4v) is 5.06. The van der Waals surface area contributed by atoms with Crippen molar-refractivity contribution >= 4 is 28.3 Å². The Hall–Kier alpha value is -3.15. The van der Waals surface area contributed by atoms with Crippen molar-refractivity contribution in [3.05, 3.63) is 65.4 Å². The average molecular weight is 528 g/mol. The van der Waals surface area contributed by atoms with Gasteiger partial charge >= 0.3 is 0 Å². The van der Waals surface area contributed by atoms with Crippen LogP contribution in [0.3, 0.4) is 0 Å². The van der Waals surface area contributed by atoms with Crippen LogP contribution in [-0.4, -0.2) is 81.5 Å². The zero-order valence-corrected chi connectivity index (χ0v) is 22.2. The molecule has 3 heterocycles. The Morgan fingerprint density at radius 2 is 1.92 bits per heavy atom. The molecule has 198 valence electrons. The van der Waals surface area contributed by atoms with Crippen molar-refractivity contribution in [2.24, 2.45) is 0 Å². The summed E-state index contributed by atoms with van der Waals surface area (Å²) >= 11 is 1.19. The number of rotatable bonds is 11. The van der Waals surface area contributed by atoms with Gasteiger partial charge in [0.15, 0.2) is 5.13 Å². The third-order valence-electron chi connectivity index (χ3n) is 6.44. The number of carbonyl (C=O) groups excluding carboxylic acids is 2. The van der Waals surface area contributed by atoms with Gasteiger partial charge in [-0.3, -0.25) is 24.3 Å². The van der Waals surface area contributed by atoms with Crippen molar-refractivity contribution in [2.75, 3.05) is 44.2 Å². The number of anilines is 1. The summed E-state index contributed by atoms with van der Waals surface area (Å²) in [7, 11) is 0. The summed E-state index contributed by atoms with van der Waals surface area (Å²) in [5, 5.41) is 3.37. The van der Waals surface area contributed by atoms with Gasteiger partial charge in [0.25, 0.3) is 5.91 Å². The molecule has 37 heavy (non-hydrogen) atoms. The molecule has 11 heteroatoms. The fourth-order valence-electron chi connectivity index (χ4n) is 4.21. The molecule has 1 saturated heterocycles. The molecule has 3 aromatic rings. The van der Waals surface area contributed by atoms with Crippen LogP contribution < -0.4 is 10.2 Å². The molecule has 1 fully saturated rings. The van der Waals surface area contributed by atoms with E-state index in [0.717, 1.165) is 44.7 Å². The summed E-state index contributed by atoms with van der Waals surface area (Å²) in [6, 6.07) is 6.58. The third kappa shape index (κ3) is 7.67. The molecule has 1 aromatic carbocycles. The highest BCUT2D eigenvalue weighted by molar-refractivity contribution is 7.17. The lowest BCUT2D eigenvalue weighted by atomic mass is 10.2. The molecule has 0 spiro atoms. The van der Waals surface area contributed by atoms with Crippen molar-refractivity contribution in [1.82, 2.24) is 29.7 Å². The van der Waals surface area contributed by atoms with E-state index in [2.05, 4.69) is 38.9 Å². The number of hydrogen-bond donors (Lipinski definition) is 1.